The van der Waals surface area contributed by atoms with Gasteiger partial charge in [0.25, 0.3) is 5.56 Å². The summed E-state index contributed by atoms with van der Waals surface area (Å²) in [6, 6.07) is 9.08. The van der Waals surface area contributed by atoms with Crippen molar-refractivity contribution >= 4 is 34.1 Å². The lowest BCUT2D eigenvalue weighted by Crippen LogP contribution is -2.15. The monoisotopic (exact) mass is 353 g/mol. The molecule has 0 radical (unpaired) electrons. The standard InChI is InChI=1S/C18H19N5O3/c1-23-18(25)15-12(19-11-5-3-4-6-13(11)26-2)9-14(20-16(15)22-23)21-17(24)10-7-8-10/h3-6,9-10H,7-8H2,1-2H3,(H3,19,20,21,22,24). The van der Waals surface area contributed by atoms with Crippen molar-refractivity contribution in [2.24, 2.45) is 13.0 Å². The number of amides is 1. The highest BCUT2D eigenvalue weighted by molar-refractivity contribution is 5.98. The average Bonchev–Trinajstić information content (AvgIpc) is 3.43. The molecule has 2 heterocycles. The van der Waals surface area contributed by atoms with E-state index in [2.05, 4.69) is 20.7 Å². The van der Waals surface area contributed by atoms with Gasteiger partial charge in [0.2, 0.25) is 5.91 Å². The lowest BCUT2D eigenvalue weighted by Gasteiger charge is -2.12. The number of aryl methyl sites for hydroxylation is 1. The molecular formula is C18H19N5O3. The van der Waals surface area contributed by atoms with E-state index < -0.39 is 0 Å². The minimum atomic E-state index is -0.204. The summed E-state index contributed by atoms with van der Waals surface area (Å²) < 4.78 is 6.72. The molecule has 1 amide bonds. The van der Waals surface area contributed by atoms with Gasteiger partial charge in [0.1, 0.15) is 17.0 Å². The molecule has 26 heavy (non-hydrogen) atoms. The number of pyridine rings is 1. The highest BCUT2D eigenvalue weighted by Crippen LogP contribution is 2.32. The second kappa shape index (κ2) is 6.21. The number of nitrogens with zero attached hydrogens (tertiary/aromatic N) is 2. The number of hydrogen-bond acceptors (Lipinski definition) is 5. The van der Waals surface area contributed by atoms with Crippen LogP contribution in [0.5, 0.6) is 5.75 Å². The van der Waals surface area contributed by atoms with Gasteiger partial charge in [0, 0.05) is 19.0 Å². The van der Waals surface area contributed by atoms with Crippen LogP contribution in [0.25, 0.3) is 11.0 Å². The van der Waals surface area contributed by atoms with E-state index >= 15 is 0 Å². The number of aromatic nitrogens is 3. The largest absolute Gasteiger partial charge is 0.495 e. The molecule has 0 aliphatic heterocycles. The molecule has 8 heteroatoms. The van der Waals surface area contributed by atoms with Gasteiger partial charge in [-0.25, -0.2) is 4.98 Å². The molecule has 0 saturated heterocycles. The van der Waals surface area contributed by atoms with Crippen LogP contribution in [0.2, 0.25) is 0 Å². The van der Waals surface area contributed by atoms with Gasteiger partial charge in [-0.05, 0) is 25.0 Å². The molecule has 0 unspecified atom stereocenters. The van der Waals surface area contributed by atoms with E-state index in [1.165, 1.54) is 4.68 Å². The number of aromatic amines is 1. The topological polar surface area (TPSA) is 101 Å². The van der Waals surface area contributed by atoms with Crippen molar-refractivity contribution in [2.75, 3.05) is 17.7 Å². The SMILES string of the molecule is COc1ccccc1Nc1cc(NC(=O)C2CC2)nc2[nH]n(C)c(=O)c12. The Kier molecular flexibility index (Phi) is 3.87. The number of ether oxygens (including phenoxy) is 1. The van der Waals surface area contributed by atoms with Crippen LogP contribution in [0.4, 0.5) is 17.2 Å². The zero-order valence-corrected chi connectivity index (χ0v) is 14.5. The maximum absolute atomic E-state index is 12.5. The number of fused-ring (bicyclic) bond motifs is 1. The molecular weight excluding hydrogens is 334 g/mol. The molecule has 2 aromatic heterocycles. The van der Waals surface area contributed by atoms with Crippen LogP contribution >= 0.6 is 0 Å². The summed E-state index contributed by atoms with van der Waals surface area (Å²) in [7, 11) is 3.21. The first kappa shape index (κ1) is 16.2. The summed E-state index contributed by atoms with van der Waals surface area (Å²) in [4.78, 5) is 28.9. The summed E-state index contributed by atoms with van der Waals surface area (Å²) in [5.41, 5.74) is 1.46. The lowest BCUT2D eigenvalue weighted by molar-refractivity contribution is -0.117. The van der Waals surface area contributed by atoms with Gasteiger partial charge >= 0.3 is 0 Å². The van der Waals surface area contributed by atoms with Gasteiger partial charge in [-0.3, -0.25) is 19.4 Å². The maximum Gasteiger partial charge on any atom is 0.277 e. The smallest absolute Gasteiger partial charge is 0.277 e. The Bertz CT molecular complexity index is 1050. The molecule has 0 bridgehead atoms. The predicted molar refractivity (Wildman–Crippen MR) is 99.0 cm³/mol. The van der Waals surface area contributed by atoms with Gasteiger partial charge in [0.05, 0.1) is 18.5 Å². The van der Waals surface area contributed by atoms with Gasteiger partial charge in [-0.1, -0.05) is 12.1 Å². The van der Waals surface area contributed by atoms with E-state index in [1.54, 1.807) is 20.2 Å². The third-order valence-corrected chi connectivity index (χ3v) is 4.39. The van der Waals surface area contributed by atoms with Gasteiger partial charge in [0.15, 0.2) is 5.65 Å². The van der Waals surface area contributed by atoms with Crippen LogP contribution in [0.15, 0.2) is 35.1 Å². The number of benzene rings is 1. The number of rotatable bonds is 5. The fraction of sp³-hybridized carbons (Fsp3) is 0.278. The molecule has 8 nitrogen and oxygen atoms in total. The Labute approximate surface area is 149 Å². The summed E-state index contributed by atoms with van der Waals surface area (Å²) in [5, 5.41) is 9.39. The summed E-state index contributed by atoms with van der Waals surface area (Å²) in [5.74, 6) is 1.06. The number of carbonyl (C=O) groups excluding carboxylic acids is 1. The Morgan fingerprint density at radius 1 is 1.31 bits per heavy atom. The van der Waals surface area contributed by atoms with E-state index in [4.69, 9.17) is 4.74 Å². The van der Waals surface area contributed by atoms with E-state index in [9.17, 15) is 9.59 Å². The molecule has 134 valence electrons. The van der Waals surface area contributed by atoms with Crippen molar-refractivity contribution in [3.8, 4) is 5.75 Å². The summed E-state index contributed by atoms with van der Waals surface area (Å²) >= 11 is 0. The quantitative estimate of drug-likeness (QED) is 0.654. The highest BCUT2D eigenvalue weighted by atomic mass is 16.5. The van der Waals surface area contributed by atoms with Crippen LogP contribution < -0.4 is 20.9 Å². The number of H-pyrrole nitrogens is 1. The Morgan fingerprint density at radius 3 is 2.81 bits per heavy atom. The molecule has 1 aromatic carbocycles. The fourth-order valence-corrected chi connectivity index (χ4v) is 2.85. The number of carbonyl (C=O) groups is 1. The third kappa shape index (κ3) is 2.90. The lowest BCUT2D eigenvalue weighted by atomic mass is 10.2. The van der Waals surface area contributed by atoms with Crippen LogP contribution in [0.3, 0.4) is 0 Å². The van der Waals surface area contributed by atoms with E-state index in [0.717, 1.165) is 12.8 Å². The first-order chi connectivity index (χ1) is 12.6. The van der Waals surface area contributed by atoms with E-state index in [-0.39, 0.29) is 17.4 Å². The van der Waals surface area contributed by atoms with Crippen molar-refractivity contribution < 1.29 is 9.53 Å². The van der Waals surface area contributed by atoms with Crippen LogP contribution in [-0.2, 0) is 11.8 Å². The van der Waals surface area contributed by atoms with Crippen LogP contribution in [0, 0.1) is 5.92 Å². The molecule has 1 saturated carbocycles. The number of para-hydroxylation sites is 2. The van der Waals surface area contributed by atoms with E-state index in [1.807, 2.05) is 24.3 Å². The summed E-state index contributed by atoms with van der Waals surface area (Å²) in [6.07, 6.45) is 1.81. The Balaban J connectivity index is 1.80. The molecule has 1 fully saturated rings. The number of anilines is 3. The van der Waals surface area contributed by atoms with Crippen molar-refractivity contribution in [1.29, 1.82) is 0 Å². The third-order valence-electron chi connectivity index (χ3n) is 4.39. The second-order valence-electron chi connectivity index (χ2n) is 6.34. The number of nitrogens with one attached hydrogen (secondary N) is 3. The van der Waals surface area contributed by atoms with Gasteiger partial charge in [-0.15, -0.1) is 0 Å². The van der Waals surface area contributed by atoms with Gasteiger partial charge < -0.3 is 15.4 Å². The minimum Gasteiger partial charge on any atom is -0.495 e. The molecule has 1 aliphatic carbocycles. The summed E-state index contributed by atoms with van der Waals surface area (Å²) in [6.45, 7) is 0. The first-order valence-electron chi connectivity index (χ1n) is 8.37. The van der Waals surface area contributed by atoms with Crippen molar-refractivity contribution in [1.82, 2.24) is 14.8 Å². The normalized spacial score (nSPS) is 13.6. The fourth-order valence-electron chi connectivity index (χ4n) is 2.85. The minimum absolute atomic E-state index is 0.0432. The van der Waals surface area contributed by atoms with E-state index in [0.29, 0.717) is 34.0 Å². The molecule has 0 atom stereocenters. The molecule has 1 aliphatic rings. The zero-order chi connectivity index (χ0) is 18.3. The number of methoxy groups -OCH3 is 1. The van der Waals surface area contributed by atoms with Crippen molar-refractivity contribution in [3.63, 3.8) is 0 Å². The van der Waals surface area contributed by atoms with Crippen LogP contribution in [0.1, 0.15) is 12.8 Å². The highest BCUT2D eigenvalue weighted by Gasteiger charge is 2.30. The van der Waals surface area contributed by atoms with Crippen molar-refractivity contribution in [3.05, 3.63) is 40.7 Å². The first-order valence-corrected chi connectivity index (χ1v) is 8.37. The predicted octanol–water partition coefficient (Wildman–Crippen LogP) is 2.36. The number of hydrogen-bond donors (Lipinski definition) is 3. The average molecular weight is 353 g/mol. The zero-order valence-electron chi connectivity index (χ0n) is 14.5. The second-order valence-corrected chi connectivity index (χ2v) is 6.34. The van der Waals surface area contributed by atoms with Gasteiger partial charge in [-0.2, -0.15) is 0 Å². The van der Waals surface area contributed by atoms with Crippen LogP contribution in [-0.4, -0.2) is 27.8 Å². The molecule has 3 N–H and O–H groups in total. The molecule has 0 spiro atoms. The molecule has 4 rings (SSSR count). The molecule has 3 aromatic rings. The Morgan fingerprint density at radius 2 is 2.08 bits per heavy atom. The maximum atomic E-state index is 12.5. The van der Waals surface area contributed by atoms with Crippen molar-refractivity contribution in [2.45, 2.75) is 12.8 Å². The Hall–Kier alpha value is -3.29.